The lowest BCUT2D eigenvalue weighted by Gasteiger charge is -2.33. The second kappa shape index (κ2) is 11.7. The Morgan fingerprint density at radius 3 is 2.49 bits per heavy atom. The van der Waals surface area contributed by atoms with Crippen LogP contribution in [0, 0.1) is 0 Å². The Kier molecular flexibility index (Phi) is 7.90. The lowest BCUT2D eigenvalue weighted by Crippen LogP contribution is -2.46. The van der Waals surface area contributed by atoms with Gasteiger partial charge in [0.1, 0.15) is 5.69 Å². The molecule has 5 rings (SSSR count). The van der Waals surface area contributed by atoms with Gasteiger partial charge in [-0.05, 0) is 42.9 Å². The first-order chi connectivity index (χ1) is 18.9. The molecule has 3 heterocycles. The average Bonchev–Trinajstić information content (AvgIpc) is 3.30. The van der Waals surface area contributed by atoms with E-state index in [9.17, 15) is 9.59 Å². The zero-order valence-corrected chi connectivity index (χ0v) is 22.6. The quantitative estimate of drug-likeness (QED) is 0.341. The van der Waals surface area contributed by atoms with Crippen LogP contribution in [-0.2, 0) is 9.53 Å². The standard InChI is InChI=1S/C30H34N6O3/c1-34-13-16-36(17-14-34)18-15-35(2)23-11-9-22(10-12-23)32-28(21-7-5-4-6-8-21)27-24-20-31-26(30(38)39-3)19-25(24)33-29(27)37/h4-12,19-20,32H,13-18H2,1-3H3,(H,33,37)/b28-27-. The number of carbonyl (C=O) groups excluding carboxylic acids is 2. The molecule has 0 aliphatic carbocycles. The minimum atomic E-state index is -0.556. The monoisotopic (exact) mass is 526 g/mol. The number of piperazine rings is 1. The summed E-state index contributed by atoms with van der Waals surface area (Å²) in [7, 11) is 5.59. The van der Waals surface area contributed by atoms with E-state index in [-0.39, 0.29) is 11.6 Å². The van der Waals surface area contributed by atoms with Crippen LogP contribution in [0.4, 0.5) is 17.1 Å². The van der Waals surface area contributed by atoms with Crippen LogP contribution in [0.3, 0.4) is 0 Å². The summed E-state index contributed by atoms with van der Waals surface area (Å²) >= 11 is 0. The molecule has 2 aromatic carbocycles. The number of benzene rings is 2. The molecule has 0 unspecified atom stereocenters. The summed E-state index contributed by atoms with van der Waals surface area (Å²) in [5, 5.41) is 6.35. The fourth-order valence-electron chi connectivity index (χ4n) is 4.85. The maximum Gasteiger partial charge on any atom is 0.356 e. The predicted octanol–water partition coefficient (Wildman–Crippen LogP) is 3.48. The summed E-state index contributed by atoms with van der Waals surface area (Å²) in [6.45, 7) is 6.45. The molecule has 1 fully saturated rings. The van der Waals surface area contributed by atoms with Gasteiger partial charge in [0.15, 0.2) is 0 Å². The zero-order chi connectivity index (χ0) is 27.4. The van der Waals surface area contributed by atoms with E-state index in [2.05, 4.69) is 56.5 Å². The molecular weight excluding hydrogens is 492 g/mol. The van der Waals surface area contributed by atoms with Gasteiger partial charge in [0, 0.05) is 69.5 Å². The number of likely N-dealkylation sites (N-methyl/N-ethyl adjacent to an activating group) is 2. The summed E-state index contributed by atoms with van der Waals surface area (Å²) in [5.74, 6) is -0.820. The number of hydrogen-bond acceptors (Lipinski definition) is 8. The number of fused-ring (bicyclic) bond motifs is 1. The van der Waals surface area contributed by atoms with Crippen molar-refractivity contribution in [3.63, 3.8) is 0 Å². The molecular formula is C30H34N6O3. The highest BCUT2D eigenvalue weighted by Crippen LogP contribution is 2.37. The van der Waals surface area contributed by atoms with Crippen molar-refractivity contribution >= 4 is 40.2 Å². The number of amides is 1. The number of nitrogens with zero attached hydrogens (tertiary/aromatic N) is 4. The predicted molar refractivity (Wildman–Crippen MR) is 155 cm³/mol. The topological polar surface area (TPSA) is 90.0 Å². The number of nitrogens with one attached hydrogen (secondary N) is 2. The van der Waals surface area contributed by atoms with Crippen molar-refractivity contribution in [3.05, 3.63) is 83.7 Å². The number of ether oxygens (including phenoxy) is 1. The minimum absolute atomic E-state index is 0.138. The third kappa shape index (κ3) is 5.94. The number of aromatic nitrogens is 1. The molecule has 0 spiro atoms. The van der Waals surface area contributed by atoms with Gasteiger partial charge < -0.3 is 25.2 Å². The molecule has 3 aromatic rings. The van der Waals surface area contributed by atoms with E-state index < -0.39 is 5.97 Å². The molecule has 1 amide bonds. The van der Waals surface area contributed by atoms with Crippen LogP contribution in [0.15, 0.2) is 66.9 Å². The highest BCUT2D eigenvalue weighted by Gasteiger charge is 2.30. The van der Waals surface area contributed by atoms with Gasteiger partial charge in [0.25, 0.3) is 5.91 Å². The molecule has 202 valence electrons. The van der Waals surface area contributed by atoms with Gasteiger partial charge in [-0.3, -0.25) is 9.69 Å². The van der Waals surface area contributed by atoms with Crippen LogP contribution in [0.1, 0.15) is 21.6 Å². The van der Waals surface area contributed by atoms with Crippen LogP contribution in [0.2, 0.25) is 0 Å². The number of rotatable bonds is 8. The van der Waals surface area contributed by atoms with Crippen LogP contribution < -0.4 is 15.5 Å². The summed E-state index contributed by atoms with van der Waals surface area (Å²) in [6.07, 6.45) is 1.54. The largest absolute Gasteiger partial charge is 0.464 e. The Labute approximate surface area is 229 Å². The van der Waals surface area contributed by atoms with Gasteiger partial charge in [-0.1, -0.05) is 30.3 Å². The molecule has 1 saturated heterocycles. The van der Waals surface area contributed by atoms with Gasteiger partial charge in [-0.2, -0.15) is 0 Å². The van der Waals surface area contributed by atoms with Gasteiger partial charge in [-0.25, -0.2) is 9.78 Å². The van der Waals surface area contributed by atoms with Gasteiger partial charge >= 0.3 is 5.97 Å². The van der Waals surface area contributed by atoms with Crippen LogP contribution in [0.5, 0.6) is 0 Å². The van der Waals surface area contributed by atoms with E-state index in [1.54, 1.807) is 6.07 Å². The van der Waals surface area contributed by atoms with Crippen molar-refractivity contribution in [2.24, 2.45) is 0 Å². The molecule has 9 nitrogen and oxygen atoms in total. The second-order valence-electron chi connectivity index (χ2n) is 9.92. The van der Waals surface area contributed by atoms with Crippen LogP contribution in [-0.4, -0.2) is 87.1 Å². The van der Waals surface area contributed by atoms with E-state index in [0.29, 0.717) is 22.5 Å². The first-order valence-corrected chi connectivity index (χ1v) is 13.1. The smallest absolute Gasteiger partial charge is 0.356 e. The van der Waals surface area contributed by atoms with Crippen molar-refractivity contribution in [3.8, 4) is 0 Å². The molecule has 2 aliphatic heterocycles. The van der Waals surface area contributed by atoms with Crippen molar-refractivity contribution in [2.75, 3.05) is 76.0 Å². The maximum atomic E-state index is 13.2. The van der Waals surface area contributed by atoms with E-state index in [0.717, 1.165) is 56.2 Å². The summed E-state index contributed by atoms with van der Waals surface area (Å²) in [6, 6.07) is 19.5. The molecule has 39 heavy (non-hydrogen) atoms. The van der Waals surface area contributed by atoms with Crippen LogP contribution in [0.25, 0.3) is 11.3 Å². The normalized spacial score (nSPS) is 16.8. The molecule has 9 heteroatoms. The van der Waals surface area contributed by atoms with Crippen molar-refractivity contribution < 1.29 is 14.3 Å². The Hall–Kier alpha value is -4.21. The third-order valence-corrected chi connectivity index (χ3v) is 7.28. The zero-order valence-electron chi connectivity index (χ0n) is 22.6. The Morgan fingerprint density at radius 2 is 1.79 bits per heavy atom. The lowest BCUT2D eigenvalue weighted by atomic mass is 10.0. The molecule has 0 saturated carbocycles. The third-order valence-electron chi connectivity index (χ3n) is 7.28. The lowest BCUT2D eigenvalue weighted by molar-refractivity contribution is -0.110. The van der Waals surface area contributed by atoms with Gasteiger partial charge in [-0.15, -0.1) is 0 Å². The van der Waals surface area contributed by atoms with E-state index in [1.807, 2.05) is 42.5 Å². The maximum absolute atomic E-state index is 13.2. The number of carbonyl (C=O) groups is 2. The number of anilines is 3. The van der Waals surface area contributed by atoms with Crippen molar-refractivity contribution in [2.45, 2.75) is 0 Å². The molecule has 2 N–H and O–H groups in total. The molecule has 2 aliphatic rings. The van der Waals surface area contributed by atoms with Crippen LogP contribution >= 0.6 is 0 Å². The SMILES string of the molecule is COC(=O)c1cc2c(cn1)/C(=C(/Nc1ccc(N(C)CCN3CCN(C)CC3)cc1)c1ccccc1)C(=O)N2. The molecule has 1 aromatic heterocycles. The fourth-order valence-corrected chi connectivity index (χ4v) is 4.85. The number of esters is 1. The Morgan fingerprint density at radius 1 is 1.08 bits per heavy atom. The highest BCUT2D eigenvalue weighted by molar-refractivity contribution is 6.37. The molecule has 0 bridgehead atoms. The van der Waals surface area contributed by atoms with E-state index in [4.69, 9.17) is 4.74 Å². The molecule has 0 radical (unpaired) electrons. The van der Waals surface area contributed by atoms with Crippen molar-refractivity contribution in [1.82, 2.24) is 14.8 Å². The summed E-state index contributed by atoms with van der Waals surface area (Å²) in [5.41, 5.74) is 5.27. The summed E-state index contributed by atoms with van der Waals surface area (Å²) in [4.78, 5) is 36.5. The van der Waals surface area contributed by atoms with Gasteiger partial charge in [0.05, 0.1) is 24.1 Å². The number of pyridine rings is 1. The Balaban J connectivity index is 1.38. The first-order valence-electron chi connectivity index (χ1n) is 13.1. The van der Waals surface area contributed by atoms with Crippen molar-refractivity contribution in [1.29, 1.82) is 0 Å². The van der Waals surface area contributed by atoms with E-state index in [1.165, 1.54) is 13.3 Å². The van der Waals surface area contributed by atoms with E-state index >= 15 is 0 Å². The second-order valence-corrected chi connectivity index (χ2v) is 9.92. The Bertz CT molecular complexity index is 1370. The highest BCUT2D eigenvalue weighted by atomic mass is 16.5. The summed E-state index contributed by atoms with van der Waals surface area (Å²) < 4.78 is 4.78. The minimum Gasteiger partial charge on any atom is -0.464 e. The average molecular weight is 527 g/mol. The van der Waals surface area contributed by atoms with Gasteiger partial charge in [0.2, 0.25) is 0 Å². The number of hydrogen-bond donors (Lipinski definition) is 2. The number of methoxy groups -OCH3 is 1. The fraction of sp³-hybridized carbons (Fsp3) is 0.300. The molecule has 0 atom stereocenters. The first kappa shape index (κ1) is 26.4.